The third kappa shape index (κ3) is 5.12. The Morgan fingerprint density at radius 3 is 2.34 bits per heavy atom. The molecule has 1 unspecified atom stereocenters. The molecule has 41 heavy (non-hydrogen) atoms. The molecule has 2 aromatic carbocycles. The molecule has 1 aliphatic rings. The first-order chi connectivity index (χ1) is 19.3. The number of nitrogens with one attached hydrogen (secondary N) is 1. The number of rotatable bonds is 7. The van der Waals surface area contributed by atoms with Crippen LogP contribution in [0.1, 0.15) is 33.6 Å². The molecule has 0 saturated heterocycles. The highest BCUT2D eigenvalue weighted by Crippen LogP contribution is 2.43. The molecule has 2 N–H and O–H groups in total. The van der Waals surface area contributed by atoms with Gasteiger partial charge in [-0.1, -0.05) is 35.9 Å². The van der Waals surface area contributed by atoms with E-state index in [0.29, 0.717) is 56.3 Å². The number of ether oxygens (including phenoxy) is 1. The number of hydrogen-bond donors (Lipinski definition) is 2. The first-order valence-electron chi connectivity index (χ1n) is 12.9. The van der Waals surface area contributed by atoms with Gasteiger partial charge in [-0.15, -0.1) is 5.12 Å². The van der Waals surface area contributed by atoms with Gasteiger partial charge in [0.2, 0.25) is 5.88 Å². The summed E-state index contributed by atoms with van der Waals surface area (Å²) in [4.78, 5) is 9.59. The maximum absolute atomic E-state index is 12.6. The molecule has 0 amide bonds. The van der Waals surface area contributed by atoms with Gasteiger partial charge in [-0.25, -0.2) is 13.4 Å². The number of methoxy groups -OCH3 is 1. The quantitative estimate of drug-likeness (QED) is 0.325. The van der Waals surface area contributed by atoms with Gasteiger partial charge in [-0.05, 0) is 55.3 Å². The predicted molar refractivity (Wildman–Crippen MR) is 159 cm³/mol. The van der Waals surface area contributed by atoms with Crippen LogP contribution in [0.2, 0.25) is 5.02 Å². The molecule has 9 nitrogen and oxygen atoms in total. The third-order valence-electron chi connectivity index (χ3n) is 7.49. The SMILES string of the molecule is COc1nc2ccc(C(O)(C3=CNN(C)N3C)c3ccc(C)nc3C)cc2c(Cl)c1Cc1ccc(S(C)(=O)=O)cc1. The maximum atomic E-state index is 12.6. The fraction of sp³-hybridized carbons (Fsp3) is 0.267. The van der Waals surface area contributed by atoms with Gasteiger partial charge in [0.25, 0.3) is 0 Å². The molecule has 0 aliphatic carbocycles. The predicted octanol–water partition coefficient (Wildman–Crippen LogP) is 4.28. The smallest absolute Gasteiger partial charge is 0.218 e. The normalized spacial score (nSPS) is 15.5. The lowest BCUT2D eigenvalue weighted by molar-refractivity contribution is 0.00380. The Bertz CT molecular complexity index is 1790. The molecule has 1 atom stereocenters. The molecule has 0 fully saturated rings. The average molecular weight is 594 g/mol. The first-order valence-corrected chi connectivity index (χ1v) is 15.2. The minimum Gasteiger partial charge on any atom is -0.481 e. The van der Waals surface area contributed by atoms with Gasteiger partial charge in [-0.2, -0.15) is 0 Å². The number of likely N-dealkylation sites (N-methyl/N-ethyl adjacent to an activating group) is 1. The minimum atomic E-state index is -3.31. The van der Waals surface area contributed by atoms with Crippen molar-refractivity contribution in [2.24, 2.45) is 0 Å². The van der Waals surface area contributed by atoms with Gasteiger partial charge >= 0.3 is 0 Å². The molecule has 5 rings (SSSR count). The Labute approximate surface area is 244 Å². The highest BCUT2D eigenvalue weighted by Gasteiger charge is 2.43. The van der Waals surface area contributed by atoms with Crippen LogP contribution in [-0.2, 0) is 21.9 Å². The Balaban J connectivity index is 1.67. The summed E-state index contributed by atoms with van der Waals surface area (Å²) < 4.78 is 29.4. The molecule has 3 heterocycles. The van der Waals surface area contributed by atoms with Crippen LogP contribution in [0.15, 0.2) is 71.4 Å². The van der Waals surface area contributed by atoms with Gasteiger partial charge in [0.15, 0.2) is 15.4 Å². The molecule has 4 aromatic rings. The van der Waals surface area contributed by atoms with E-state index in [1.165, 1.54) is 13.4 Å². The minimum absolute atomic E-state index is 0.243. The van der Waals surface area contributed by atoms with E-state index in [0.717, 1.165) is 11.3 Å². The zero-order valence-corrected chi connectivity index (χ0v) is 25.3. The molecule has 11 heteroatoms. The summed E-state index contributed by atoms with van der Waals surface area (Å²) in [5.41, 5.74) is 7.06. The highest BCUT2D eigenvalue weighted by molar-refractivity contribution is 7.90. The van der Waals surface area contributed by atoms with Crippen molar-refractivity contribution >= 4 is 32.3 Å². The summed E-state index contributed by atoms with van der Waals surface area (Å²) in [6.45, 7) is 3.80. The number of halogens is 1. The summed E-state index contributed by atoms with van der Waals surface area (Å²) in [5, 5.41) is 17.3. The number of hydrogen-bond acceptors (Lipinski definition) is 9. The average Bonchev–Trinajstić information content (AvgIpc) is 3.27. The topological polar surface area (TPSA) is 108 Å². The van der Waals surface area contributed by atoms with E-state index in [4.69, 9.17) is 21.3 Å². The number of aromatic nitrogens is 2. The van der Waals surface area contributed by atoms with Crippen LogP contribution in [0, 0.1) is 13.8 Å². The molecule has 0 bridgehead atoms. The molecule has 1 aliphatic heterocycles. The Morgan fingerprint density at radius 2 is 1.76 bits per heavy atom. The van der Waals surface area contributed by atoms with Crippen molar-refractivity contribution < 1.29 is 18.3 Å². The number of fused-ring (bicyclic) bond motifs is 1. The molecule has 0 radical (unpaired) electrons. The number of aryl methyl sites for hydroxylation is 2. The van der Waals surface area contributed by atoms with Crippen molar-refractivity contribution in [1.29, 1.82) is 0 Å². The Kier molecular flexibility index (Phi) is 7.46. The fourth-order valence-corrected chi connectivity index (χ4v) is 6.12. The van der Waals surface area contributed by atoms with Crippen molar-refractivity contribution in [3.63, 3.8) is 0 Å². The molecule has 2 aromatic heterocycles. The lowest BCUT2D eigenvalue weighted by atomic mass is 9.82. The van der Waals surface area contributed by atoms with E-state index in [-0.39, 0.29) is 4.90 Å². The molecule has 0 spiro atoms. The van der Waals surface area contributed by atoms with Crippen molar-refractivity contribution in [3.8, 4) is 5.88 Å². The number of pyridine rings is 2. The van der Waals surface area contributed by atoms with Crippen LogP contribution in [0.4, 0.5) is 0 Å². The zero-order valence-electron chi connectivity index (χ0n) is 23.7. The Morgan fingerprint density at radius 1 is 1.05 bits per heavy atom. The third-order valence-corrected chi connectivity index (χ3v) is 9.05. The van der Waals surface area contributed by atoms with E-state index >= 15 is 0 Å². The van der Waals surface area contributed by atoms with Gasteiger partial charge in [0.1, 0.15) is 0 Å². The van der Waals surface area contributed by atoms with Gasteiger partial charge in [0.05, 0.1) is 28.2 Å². The first kappa shape index (κ1) is 28.8. The standard InChI is InChI=1S/C30H32ClN5O4S/c1-18-7-13-25(19(2)33-18)30(37,27-17-32-36(4)35(27)3)21-10-14-26-23(16-21)28(31)24(29(34-26)40-5)15-20-8-11-22(12-9-20)41(6,38)39/h7-14,16-17,32,37H,15H2,1-6H3. The summed E-state index contributed by atoms with van der Waals surface area (Å²) >= 11 is 7.06. The van der Waals surface area contributed by atoms with Crippen LogP contribution in [0.25, 0.3) is 10.9 Å². The second-order valence-corrected chi connectivity index (χ2v) is 12.6. The summed E-state index contributed by atoms with van der Waals surface area (Å²) in [6.07, 6.45) is 3.31. The highest BCUT2D eigenvalue weighted by atomic mass is 35.5. The second-order valence-electron chi connectivity index (χ2n) is 10.2. The monoisotopic (exact) mass is 593 g/mol. The van der Waals surface area contributed by atoms with Gasteiger partial charge in [-0.3, -0.25) is 9.99 Å². The lowest BCUT2D eigenvalue weighted by Crippen LogP contribution is -2.43. The van der Waals surface area contributed by atoms with Crippen molar-refractivity contribution in [3.05, 3.63) is 105 Å². The van der Waals surface area contributed by atoms with Crippen LogP contribution in [0.3, 0.4) is 0 Å². The van der Waals surface area contributed by atoms with Crippen molar-refractivity contribution in [1.82, 2.24) is 25.5 Å². The van der Waals surface area contributed by atoms with E-state index in [9.17, 15) is 13.5 Å². The summed E-state index contributed by atoms with van der Waals surface area (Å²) in [5.74, 6) is 0.375. The largest absolute Gasteiger partial charge is 0.481 e. The van der Waals surface area contributed by atoms with Crippen LogP contribution < -0.4 is 10.2 Å². The van der Waals surface area contributed by atoms with Gasteiger partial charge < -0.3 is 15.3 Å². The maximum Gasteiger partial charge on any atom is 0.218 e. The number of nitrogens with zero attached hydrogens (tertiary/aromatic N) is 4. The van der Waals surface area contributed by atoms with E-state index in [1.807, 2.05) is 63.3 Å². The molecular weight excluding hydrogens is 562 g/mol. The molecule has 214 valence electrons. The Hall–Kier alpha value is -3.70. The molecule has 0 saturated carbocycles. The fourth-order valence-electron chi connectivity index (χ4n) is 5.19. The number of hydrazine groups is 2. The van der Waals surface area contributed by atoms with Crippen LogP contribution in [0.5, 0.6) is 5.88 Å². The lowest BCUT2D eigenvalue weighted by Gasteiger charge is -2.36. The summed E-state index contributed by atoms with van der Waals surface area (Å²) in [6, 6.07) is 15.9. The second kappa shape index (κ2) is 10.6. The van der Waals surface area contributed by atoms with Crippen LogP contribution in [-0.4, -0.2) is 61.1 Å². The van der Waals surface area contributed by atoms with E-state index in [1.54, 1.807) is 35.6 Å². The van der Waals surface area contributed by atoms with Gasteiger partial charge in [0, 0.05) is 60.9 Å². The zero-order chi connectivity index (χ0) is 29.7. The van der Waals surface area contributed by atoms with E-state index < -0.39 is 15.4 Å². The van der Waals surface area contributed by atoms with Crippen molar-refractivity contribution in [2.75, 3.05) is 27.5 Å². The summed E-state index contributed by atoms with van der Waals surface area (Å²) in [7, 11) is 1.94. The van der Waals surface area contributed by atoms with E-state index in [2.05, 4.69) is 10.4 Å². The number of sulfone groups is 1. The number of aliphatic hydroxyl groups is 1. The molecular formula is C30H32ClN5O4S. The van der Waals surface area contributed by atoms with Crippen molar-refractivity contribution in [2.45, 2.75) is 30.8 Å². The number of benzene rings is 2. The van der Waals surface area contributed by atoms with Crippen LogP contribution >= 0.6 is 11.6 Å².